The van der Waals surface area contributed by atoms with E-state index in [2.05, 4.69) is 10.3 Å². The van der Waals surface area contributed by atoms with E-state index < -0.39 is 0 Å². The summed E-state index contributed by atoms with van der Waals surface area (Å²) >= 11 is 1.35. The number of rotatable bonds is 1. The van der Waals surface area contributed by atoms with Crippen molar-refractivity contribution in [3.63, 3.8) is 0 Å². The maximum absolute atomic E-state index is 12.6. The van der Waals surface area contributed by atoms with Crippen molar-refractivity contribution in [2.24, 2.45) is 28.2 Å². The molecule has 1 heterocycles. The molecule has 1 aliphatic heterocycles. The van der Waals surface area contributed by atoms with Crippen molar-refractivity contribution in [1.82, 2.24) is 5.32 Å². The van der Waals surface area contributed by atoms with Crippen LogP contribution in [0.4, 0.5) is 0 Å². The lowest BCUT2D eigenvalue weighted by Gasteiger charge is -2.55. The average molecular weight is 278 g/mol. The van der Waals surface area contributed by atoms with Crippen LogP contribution in [-0.4, -0.2) is 22.7 Å². The number of nitrogens with zero attached hydrogens (tertiary/aromatic N) is 1. The van der Waals surface area contributed by atoms with Gasteiger partial charge in [-0.05, 0) is 56.3 Å². The number of amides is 2. The highest BCUT2D eigenvalue weighted by Crippen LogP contribution is 2.60. The van der Waals surface area contributed by atoms with Crippen molar-refractivity contribution in [2.45, 2.75) is 38.5 Å². The summed E-state index contributed by atoms with van der Waals surface area (Å²) in [7, 11) is 0. The second kappa shape index (κ2) is 4.08. The summed E-state index contributed by atoms with van der Waals surface area (Å²) in [6.07, 6.45) is 7.16. The molecule has 0 aromatic heterocycles. The largest absolute Gasteiger partial charge is 0.305 e. The summed E-state index contributed by atoms with van der Waals surface area (Å²) in [5.41, 5.74) is -0.149. The Hall–Kier alpha value is -0.840. The van der Waals surface area contributed by atoms with Crippen LogP contribution in [0.1, 0.15) is 38.5 Å². The molecule has 1 N–H and O–H groups in total. The Kier molecular flexibility index (Phi) is 2.56. The molecule has 0 aromatic rings. The van der Waals surface area contributed by atoms with E-state index in [0.717, 1.165) is 37.0 Å². The zero-order valence-corrected chi connectivity index (χ0v) is 11.7. The highest BCUT2D eigenvalue weighted by molar-refractivity contribution is 8.14. The monoisotopic (exact) mass is 278 g/mol. The minimum atomic E-state index is -0.149. The van der Waals surface area contributed by atoms with E-state index in [1.165, 1.54) is 31.0 Å². The molecule has 5 rings (SSSR count). The predicted octanol–water partition coefficient (Wildman–Crippen LogP) is 1.95. The fourth-order valence-electron chi connectivity index (χ4n) is 4.99. The van der Waals surface area contributed by atoms with Crippen molar-refractivity contribution < 1.29 is 9.59 Å². The zero-order valence-electron chi connectivity index (χ0n) is 10.9. The van der Waals surface area contributed by atoms with Gasteiger partial charge in [0.05, 0.1) is 11.2 Å². The number of amidine groups is 1. The van der Waals surface area contributed by atoms with Gasteiger partial charge in [-0.15, -0.1) is 0 Å². The topological polar surface area (TPSA) is 58.5 Å². The molecule has 0 spiro atoms. The van der Waals surface area contributed by atoms with E-state index in [9.17, 15) is 9.59 Å². The molecular formula is C14H18N2O2S. The quantitative estimate of drug-likeness (QED) is 0.797. The van der Waals surface area contributed by atoms with Gasteiger partial charge in [0, 0.05) is 0 Å². The van der Waals surface area contributed by atoms with Crippen molar-refractivity contribution in [3.05, 3.63) is 0 Å². The SMILES string of the molecule is O=C1CSC(NC(=O)C23CC4CC(CC(C4)C2)C3)=N1. The third-order valence-electron chi connectivity index (χ3n) is 5.30. The molecular weight excluding hydrogens is 260 g/mol. The maximum atomic E-state index is 12.6. The standard InChI is InChI=1S/C14H18N2O2S/c17-11-7-19-13(15-11)16-12(18)14-4-8-1-9(5-14)3-10(2-8)6-14/h8-10H,1-7H2,(H,15,16,17,18). The Bertz CT molecular complexity index is 451. The van der Waals surface area contributed by atoms with Gasteiger partial charge in [0.25, 0.3) is 5.91 Å². The first-order valence-electron chi connectivity index (χ1n) is 7.19. The summed E-state index contributed by atoms with van der Waals surface area (Å²) in [4.78, 5) is 27.6. The smallest absolute Gasteiger partial charge is 0.258 e. The van der Waals surface area contributed by atoms with Gasteiger partial charge in [-0.25, -0.2) is 0 Å². The van der Waals surface area contributed by atoms with Gasteiger partial charge in [-0.1, -0.05) is 11.8 Å². The Morgan fingerprint density at radius 2 is 1.74 bits per heavy atom. The Morgan fingerprint density at radius 3 is 2.21 bits per heavy atom. The summed E-state index contributed by atoms with van der Waals surface area (Å²) in [6.45, 7) is 0. The summed E-state index contributed by atoms with van der Waals surface area (Å²) in [5, 5.41) is 3.44. The molecule has 4 bridgehead atoms. The Labute approximate surface area is 116 Å². The van der Waals surface area contributed by atoms with Gasteiger partial charge in [0.2, 0.25) is 5.91 Å². The van der Waals surface area contributed by atoms with Crippen molar-refractivity contribution in [1.29, 1.82) is 0 Å². The van der Waals surface area contributed by atoms with E-state index in [-0.39, 0.29) is 17.2 Å². The van der Waals surface area contributed by atoms with Crippen LogP contribution in [0.2, 0.25) is 0 Å². The molecule has 102 valence electrons. The highest BCUT2D eigenvalue weighted by Gasteiger charge is 2.54. The molecule has 0 saturated heterocycles. The average Bonchev–Trinajstić information content (AvgIpc) is 2.73. The minimum absolute atomic E-state index is 0.132. The molecule has 5 aliphatic rings. The molecule has 19 heavy (non-hydrogen) atoms. The highest BCUT2D eigenvalue weighted by atomic mass is 32.2. The number of hydrogen-bond donors (Lipinski definition) is 1. The van der Waals surface area contributed by atoms with E-state index >= 15 is 0 Å². The number of thioether (sulfide) groups is 1. The predicted molar refractivity (Wildman–Crippen MR) is 73.6 cm³/mol. The van der Waals surface area contributed by atoms with Crippen molar-refractivity contribution >= 4 is 28.7 Å². The number of nitrogens with one attached hydrogen (secondary N) is 1. The van der Waals surface area contributed by atoms with Crippen LogP contribution >= 0.6 is 11.8 Å². The molecule has 0 aromatic carbocycles. The summed E-state index contributed by atoms with van der Waals surface area (Å²) in [6, 6.07) is 0. The van der Waals surface area contributed by atoms with Gasteiger partial charge in [0.1, 0.15) is 0 Å². The number of hydrogen-bond acceptors (Lipinski definition) is 3. The Morgan fingerprint density at radius 1 is 1.16 bits per heavy atom. The molecule has 5 heteroatoms. The molecule has 2 amide bonds. The van der Waals surface area contributed by atoms with Gasteiger partial charge in [-0.3, -0.25) is 9.59 Å². The van der Waals surface area contributed by atoms with Gasteiger partial charge < -0.3 is 5.32 Å². The van der Waals surface area contributed by atoms with Crippen LogP contribution in [0.15, 0.2) is 4.99 Å². The van der Waals surface area contributed by atoms with Crippen LogP contribution in [0.25, 0.3) is 0 Å². The summed E-state index contributed by atoms with van der Waals surface area (Å²) in [5.74, 6) is 2.65. The van der Waals surface area contributed by atoms with Crippen LogP contribution in [0, 0.1) is 23.2 Å². The fourth-order valence-corrected chi connectivity index (χ4v) is 5.65. The lowest BCUT2D eigenvalue weighted by molar-refractivity contribution is -0.144. The lowest BCUT2D eigenvalue weighted by Crippen LogP contribution is -2.54. The fraction of sp³-hybridized carbons (Fsp3) is 0.786. The molecule has 4 aliphatic carbocycles. The van der Waals surface area contributed by atoms with Crippen molar-refractivity contribution in [2.75, 3.05) is 5.75 Å². The van der Waals surface area contributed by atoms with Gasteiger partial charge in [0.15, 0.2) is 5.17 Å². The van der Waals surface area contributed by atoms with Crippen LogP contribution < -0.4 is 5.32 Å². The second-order valence-corrected chi connectivity index (χ2v) is 7.72. The van der Waals surface area contributed by atoms with Crippen LogP contribution in [0.3, 0.4) is 0 Å². The second-order valence-electron chi connectivity index (χ2n) is 6.75. The molecule has 4 fully saturated rings. The van der Waals surface area contributed by atoms with E-state index in [1.54, 1.807) is 0 Å². The third-order valence-corrected chi connectivity index (χ3v) is 6.16. The zero-order chi connectivity index (χ0) is 13.0. The van der Waals surface area contributed by atoms with E-state index in [4.69, 9.17) is 0 Å². The first-order chi connectivity index (χ1) is 9.13. The number of carbonyl (C=O) groups is 2. The van der Waals surface area contributed by atoms with Crippen LogP contribution in [0.5, 0.6) is 0 Å². The number of carbonyl (C=O) groups excluding carboxylic acids is 2. The molecule has 0 radical (unpaired) electrons. The number of aliphatic imine (C=N–C) groups is 1. The van der Waals surface area contributed by atoms with Gasteiger partial charge >= 0.3 is 0 Å². The molecule has 0 atom stereocenters. The maximum Gasteiger partial charge on any atom is 0.258 e. The first-order valence-corrected chi connectivity index (χ1v) is 8.17. The van der Waals surface area contributed by atoms with Crippen LogP contribution in [-0.2, 0) is 9.59 Å². The lowest BCUT2D eigenvalue weighted by atomic mass is 9.49. The van der Waals surface area contributed by atoms with Gasteiger partial charge in [-0.2, -0.15) is 4.99 Å². The third kappa shape index (κ3) is 1.93. The molecule has 0 unspecified atom stereocenters. The molecule has 4 saturated carbocycles. The normalized spacial score (nSPS) is 43.5. The Balaban J connectivity index is 1.53. The first kappa shape index (κ1) is 11.9. The van der Waals surface area contributed by atoms with Crippen molar-refractivity contribution in [3.8, 4) is 0 Å². The van der Waals surface area contributed by atoms with E-state index in [0.29, 0.717) is 10.9 Å². The molecule has 4 nitrogen and oxygen atoms in total. The minimum Gasteiger partial charge on any atom is -0.305 e. The summed E-state index contributed by atoms with van der Waals surface area (Å²) < 4.78 is 0. The van der Waals surface area contributed by atoms with E-state index in [1.807, 2.05) is 0 Å².